The molecule has 0 bridgehead atoms. The summed E-state index contributed by atoms with van der Waals surface area (Å²) in [5.41, 5.74) is 0.254. The van der Waals surface area contributed by atoms with Gasteiger partial charge in [-0.1, -0.05) is 6.07 Å². The minimum absolute atomic E-state index is 0.0637. The third-order valence-electron chi connectivity index (χ3n) is 6.25. The summed E-state index contributed by atoms with van der Waals surface area (Å²) in [6, 6.07) is 5.55. The predicted molar refractivity (Wildman–Crippen MR) is 144 cm³/mol. The van der Waals surface area contributed by atoms with Crippen molar-refractivity contribution >= 4 is 39.5 Å². The molecule has 1 fully saturated rings. The van der Waals surface area contributed by atoms with Crippen molar-refractivity contribution in [2.75, 3.05) is 83.9 Å². The number of nitrogens with two attached hydrogens (primary N) is 1. The average molecular weight is 587 g/mol. The van der Waals surface area contributed by atoms with Gasteiger partial charge in [0.05, 0.1) is 31.1 Å². The van der Waals surface area contributed by atoms with E-state index < -0.39 is 33.8 Å². The number of carbonyl (C=O) groups is 4. The van der Waals surface area contributed by atoms with Crippen LogP contribution in [0.25, 0.3) is 0 Å². The molecular weight excluding hydrogens is 548 g/mol. The molecule has 1 aromatic carbocycles. The Balaban J connectivity index is 2.14. The molecule has 1 amide bonds. The molecule has 1 aliphatic heterocycles. The molecule has 0 atom stereocenters. The molecule has 1 heterocycles. The van der Waals surface area contributed by atoms with Crippen molar-refractivity contribution in [1.82, 2.24) is 19.6 Å². The van der Waals surface area contributed by atoms with Gasteiger partial charge in [0.1, 0.15) is 0 Å². The molecule has 0 aliphatic carbocycles. The van der Waals surface area contributed by atoms with Gasteiger partial charge in [-0.15, -0.1) is 0 Å². The minimum Gasteiger partial charge on any atom is -0.480 e. The maximum absolute atomic E-state index is 12.8. The highest BCUT2D eigenvalue weighted by atomic mass is 32.2. The summed E-state index contributed by atoms with van der Waals surface area (Å²) in [4.78, 5) is 53.8. The summed E-state index contributed by atoms with van der Waals surface area (Å²) in [7, 11) is -3.95. The molecule has 40 heavy (non-hydrogen) atoms. The van der Waals surface area contributed by atoms with E-state index in [9.17, 15) is 42.9 Å². The minimum atomic E-state index is -3.95. The maximum Gasteiger partial charge on any atom is 0.317 e. The molecule has 0 unspecified atom stereocenters. The second-order valence-corrected chi connectivity index (χ2v) is 11.2. The normalized spacial score (nSPS) is 18.0. The van der Waals surface area contributed by atoms with Gasteiger partial charge in [-0.2, -0.15) is 0 Å². The summed E-state index contributed by atoms with van der Waals surface area (Å²) >= 11 is 0. The topological polar surface area (TPSA) is 214 Å². The number of primary sulfonamides is 1. The lowest BCUT2D eigenvalue weighted by Crippen LogP contribution is -2.45. The van der Waals surface area contributed by atoms with E-state index in [0.717, 1.165) is 0 Å². The molecule has 224 valence electrons. The molecular formula is C24H38N6O9S. The summed E-state index contributed by atoms with van der Waals surface area (Å²) in [5.74, 6) is -3.43. The smallest absolute Gasteiger partial charge is 0.317 e. The zero-order valence-corrected chi connectivity index (χ0v) is 23.1. The first-order chi connectivity index (χ1) is 18.8. The van der Waals surface area contributed by atoms with E-state index in [1.165, 1.54) is 24.3 Å². The van der Waals surface area contributed by atoms with Crippen LogP contribution in [0.15, 0.2) is 29.2 Å². The number of anilines is 1. The van der Waals surface area contributed by atoms with Crippen molar-refractivity contribution in [2.45, 2.75) is 17.7 Å². The van der Waals surface area contributed by atoms with E-state index in [0.29, 0.717) is 65.2 Å². The number of sulfonamides is 1. The molecule has 1 saturated heterocycles. The van der Waals surface area contributed by atoms with Gasteiger partial charge in [0.15, 0.2) is 0 Å². The number of carboxylic acids is 3. The number of rotatable bonds is 10. The van der Waals surface area contributed by atoms with E-state index in [1.54, 1.807) is 14.7 Å². The quantitative estimate of drug-likeness (QED) is 0.212. The molecule has 1 aromatic rings. The SMILES string of the molecule is NS(=O)(=O)c1cccc(NC(=O)CN2CCCN(CC(=O)O)CCN(CC(=O)O)CCCN(CC(=O)O)CC2)c1. The number of nitrogens with one attached hydrogen (secondary N) is 1. The summed E-state index contributed by atoms with van der Waals surface area (Å²) in [6.07, 6.45) is 1.000. The molecule has 16 heteroatoms. The van der Waals surface area contributed by atoms with Crippen LogP contribution in [0.4, 0.5) is 5.69 Å². The van der Waals surface area contributed by atoms with Crippen molar-refractivity contribution in [3.63, 3.8) is 0 Å². The molecule has 6 N–H and O–H groups in total. The summed E-state index contributed by atoms with van der Waals surface area (Å²) < 4.78 is 23.2. The number of amides is 1. The Hall–Kier alpha value is -3.15. The van der Waals surface area contributed by atoms with Crippen LogP contribution >= 0.6 is 0 Å². The van der Waals surface area contributed by atoms with Crippen molar-refractivity contribution < 1.29 is 42.9 Å². The van der Waals surface area contributed by atoms with E-state index in [1.807, 2.05) is 4.90 Å². The number of hydrogen-bond acceptors (Lipinski definition) is 10. The van der Waals surface area contributed by atoms with E-state index in [4.69, 9.17) is 5.14 Å². The fourth-order valence-electron chi connectivity index (χ4n) is 4.41. The Morgan fingerprint density at radius 3 is 1.48 bits per heavy atom. The Labute approximate surface area is 233 Å². The average Bonchev–Trinajstić information content (AvgIpc) is 2.83. The zero-order valence-electron chi connectivity index (χ0n) is 22.3. The van der Waals surface area contributed by atoms with Gasteiger partial charge in [0, 0.05) is 51.5 Å². The number of hydrogen-bond donors (Lipinski definition) is 5. The first-order valence-electron chi connectivity index (χ1n) is 12.8. The fourth-order valence-corrected chi connectivity index (χ4v) is 4.97. The first-order valence-corrected chi connectivity index (χ1v) is 14.3. The van der Waals surface area contributed by atoms with Crippen molar-refractivity contribution in [3.8, 4) is 0 Å². The van der Waals surface area contributed by atoms with Crippen LogP contribution in [0.1, 0.15) is 12.8 Å². The second kappa shape index (κ2) is 16.2. The van der Waals surface area contributed by atoms with Crippen LogP contribution in [0.3, 0.4) is 0 Å². The number of carboxylic acid groups (broad SMARTS) is 3. The Bertz CT molecular complexity index is 1130. The van der Waals surface area contributed by atoms with Crippen molar-refractivity contribution in [3.05, 3.63) is 24.3 Å². The van der Waals surface area contributed by atoms with Gasteiger partial charge < -0.3 is 20.6 Å². The number of carbonyl (C=O) groups excluding carboxylic acids is 1. The van der Waals surface area contributed by atoms with Gasteiger partial charge in [-0.3, -0.25) is 38.8 Å². The van der Waals surface area contributed by atoms with Gasteiger partial charge in [0.25, 0.3) is 0 Å². The Morgan fingerprint density at radius 2 is 1.10 bits per heavy atom. The van der Waals surface area contributed by atoms with Crippen LogP contribution in [-0.4, -0.2) is 146 Å². The van der Waals surface area contributed by atoms with Crippen molar-refractivity contribution in [2.24, 2.45) is 5.14 Å². The van der Waals surface area contributed by atoms with Gasteiger partial charge in [-0.25, -0.2) is 13.6 Å². The molecule has 1 aliphatic rings. The molecule has 0 spiro atoms. The largest absolute Gasteiger partial charge is 0.480 e. The van der Waals surface area contributed by atoms with Crippen LogP contribution in [0.2, 0.25) is 0 Å². The van der Waals surface area contributed by atoms with Gasteiger partial charge in [0.2, 0.25) is 15.9 Å². The highest BCUT2D eigenvalue weighted by Gasteiger charge is 2.19. The predicted octanol–water partition coefficient (Wildman–Crippen LogP) is -1.47. The lowest BCUT2D eigenvalue weighted by Gasteiger charge is -2.30. The number of aliphatic carboxylic acids is 3. The van der Waals surface area contributed by atoms with Crippen LogP contribution in [0, 0.1) is 0 Å². The third kappa shape index (κ3) is 13.3. The second-order valence-electron chi connectivity index (χ2n) is 9.61. The standard InChI is InChI=1S/C24H38N6O9S/c25-40(38,39)20-5-1-4-19(14-20)26-21(31)15-27-6-2-7-29(17-23(34)35)12-13-30(18-24(36)37)9-3-8-28(11-10-27)16-22(32)33/h1,4-5,14H,2-3,6-13,15-18H2,(H,26,31)(H,32,33)(H,34,35)(H,36,37)(H2,25,38,39). The fraction of sp³-hybridized carbons (Fsp3) is 0.583. The Morgan fingerprint density at radius 1 is 0.700 bits per heavy atom. The zero-order chi connectivity index (χ0) is 29.7. The first kappa shape index (κ1) is 33.1. The van der Waals surface area contributed by atoms with E-state index in [-0.39, 0.29) is 36.8 Å². The summed E-state index contributed by atoms with van der Waals surface area (Å²) in [6.45, 7) is 2.22. The number of benzene rings is 1. The van der Waals surface area contributed by atoms with Crippen LogP contribution in [-0.2, 0) is 29.2 Å². The van der Waals surface area contributed by atoms with Crippen LogP contribution in [0.5, 0.6) is 0 Å². The highest BCUT2D eigenvalue weighted by Crippen LogP contribution is 2.14. The highest BCUT2D eigenvalue weighted by molar-refractivity contribution is 7.89. The summed E-state index contributed by atoms with van der Waals surface area (Å²) in [5, 5.41) is 35.7. The lowest BCUT2D eigenvalue weighted by atomic mass is 10.2. The Kier molecular flexibility index (Phi) is 13.4. The maximum atomic E-state index is 12.8. The number of nitrogens with zero attached hydrogens (tertiary/aromatic N) is 4. The molecule has 15 nitrogen and oxygen atoms in total. The van der Waals surface area contributed by atoms with Crippen molar-refractivity contribution in [1.29, 1.82) is 0 Å². The monoisotopic (exact) mass is 586 g/mol. The molecule has 2 rings (SSSR count). The van der Waals surface area contributed by atoms with E-state index in [2.05, 4.69) is 5.32 Å². The third-order valence-corrected chi connectivity index (χ3v) is 7.16. The van der Waals surface area contributed by atoms with Crippen LogP contribution < -0.4 is 10.5 Å². The lowest BCUT2D eigenvalue weighted by molar-refractivity contribution is -0.140. The van der Waals surface area contributed by atoms with Gasteiger partial charge >= 0.3 is 17.9 Å². The van der Waals surface area contributed by atoms with Gasteiger partial charge in [-0.05, 0) is 37.6 Å². The molecule has 0 radical (unpaired) electrons. The molecule has 0 saturated carbocycles. The molecule has 0 aromatic heterocycles. The van der Waals surface area contributed by atoms with E-state index >= 15 is 0 Å².